The molecule has 0 aliphatic carbocycles. The van der Waals surface area contributed by atoms with Crippen molar-refractivity contribution in [2.24, 2.45) is 0 Å². The molecule has 0 unspecified atom stereocenters. The monoisotopic (exact) mass is 302 g/mol. The van der Waals surface area contributed by atoms with Crippen LogP contribution in [0.5, 0.6) is 5.75 Å². The Kier molecular flexibility index (Phi) is 6.08. The molecule has 0 radical (unpaired) electrons. The number of nitrogens with zero attached hydrogens (tertiary/aromatic N) is 1. The standard InChI is InChI=1S/C17H22N2OS/c1-4-9-18-11-14-10-13(2)17(19-12-14)21-16-8-6-5-7-15(16)20-3/h5-8,10,12,18H,4,9,11H2,1-3H3. The highest BCUT2D eigenvalue weighted by Gasteiger charge is 2.08. The third-order valence-corrected chi connectivity index (χ3v) is 4.30. The molecule has 0 saturated carbocycles. The van der Waals surface area contributed by atoms with Crippen LogP contribution in [0.3, 0.4) is 0 Å². The number of pyridine rings is 1. The largest absolute Gasteiger partial charge is 0.496 e. The Labute approximate surface area is 131 Å². The lowest BCUT2D eigenvalue weighted by Gasteiger charge is -2.10. The molecule has 2 aromatic rings. The van der Waals surface area contributed by atoms with Crippen LogP contribution < -0.4 is 10.1 Å². The van der Waals surface area contributed by atoms with E-state index in [0.717, 1.165) is 35.2 Å². The number of methoxy groups -OCH3 is 1. The second kappa shape index (κ2) is 8.05. The van der Waals surface area contributed by atoms with Gasteiger partial charge in [0.2, 0.25) is 0 Å². The van der Waals surface area contributed by atoms with Gasteiger partial charge in [-0.2, -0.15) is 0 Å². The van der Waals surface area contributed by atoms with Crippen LogP contribution in [-0.4, -0.2) is 18.6 Å². The Bertz CT molecular complexity index is 587. The first-order chi connectivity index (χ1) is 10.2. The molecular weight excluding hydrogens is 280 g/mol. The Balaban J connectivity index is 2.10. The molecule has 0 bridgehead atoms. The molecule has 1 aromatic heterocycles. The summed E-state index contributed by atoms with van der Waals surface area (Å²) in [7, 11) is 1.70. The summed E-state index contributed by atoms with van der Waals surface area (Å²) >= 11 is 1.65. The molecule has 0 saturated heterocycles. The van der Waals surface area contributed by atoms with Gasteiger partial charge in [0.25, 0.3) is 0 Å². The van der Waals surface area contributed by atoms with Crippen molar-refractivity contribution in [3.8, 4) is 5.75 Å². The zero-order valence-electron chi connectivity index (χ0n) is 12.8. The average molecular weight is 302 g/mol. The van der Waals surface area contributed by atoms with Gasteiger partial charge in [0, 0.05) is 12.7 Å². The van der Waals surface area contributed by atoms with Crippen LogP contribution in [0.4, 0.5) is 0 Å². The summed E-state index contributed by atoms with van der Waals surface area (Å²) < 4.78 is 5.39. The maximum absolute atomic E-state index is 5.39. The number of hydrogen-bond donors (Lipinski definition) is 1. The summed E-state index contributed by atoms with van der Waals surface area (Å²) in [4.78, 5) is 5.69. The van der Waals surface area contributed by atoms with Crippen molar-refractivity contribution in [2.45, 2.75) is 36.7 Å². The van der Waals surface area contributed by atoms with Crippen molar-refractivity contribution < 1.29 is 4.74 Å². The molecule has 3 nitrogen and oxygen atoms in total. The molecule has 1 heterocycles. The fourth-order valence-corrected chi connectivity index (χ4v) is 2.97. The Morgan fingerprint density at radius 1 is 1.29 bits per heavy atom. The molecule has 0 aliphatic heterocycles. The summed E-state index contributed by atoms with van der Waals surface area (Å²) in [5.41, 5.74) is 2.42. The van der Waals surface area contributed by atoms with E-state index in [1.807, 2.05) is 24.4 Å². The minimum Gasteiger partial charge on any atom is -0.496 e. The number of aromatic nitrogens is 1. The normalized spacial score (nSPS) is 10.6. The molecule has 21 heavy (non-hydrogen) atoms. The number of benzene rings is 1. The molecule has 0 aliphatic rings. The summed E-state index contributed by atoms with van der Waals surface area (Å²) in [6, 6.07) is 10.2. The predicted molar refractivity (Wildman–Crippen MR) is 88.1 cm³/mol. The first-order valence-electron chi connectivity index (χ1n) is 7.21. The van der Waals surface area contributed by atoms with Crippen LogP contribution in [0, 0.1) is 6.92 Å². The lowest BCUT2D eigenvalue weighted by atomic mass is 10.2. The third kappa shape index (κ3) is 4.48. The van der Waals surface area contributed by atoms with Gasteiger partial charge in [0.15, 0.2) is 0 Å². The molecule has 0 fully saturated rings. The first kappa shape index (κ1) is 15.9. The van der Waals surface area contributed by atoms with E-state index in [0.29, 0.717) is 0 Å². The molecule has 4 heteroatoms. The van der Waals surface area contributed by atoms with E-state index in [4.69, 9.17) is 4.74 Å². The van der Waals surface area contributed by atoms with Gasteiger partial charge in [-0.1, -0.05) is 36.9 Å². The molecule has 2 rings (SSSR count). The van der Waals surface area contributed by atoms with Crippen molar-refractivity contribution in [1.82, 2.24) is 10.3 Å². The lowest BCUT2D eigenvalue weighted by Crippen LogP contribution is -2.14. The number of rotatable bonds is 7. The fraction of sp³-hybridized carbons (Fsp3) is 0.353. The first-order valence-corrected chi connectivity index (χ1v) is 8.03. The number of ether oxygens (including phenoxy) is 1. The summed E-state index contributed by atoms with van der Waals surface area (Å²) in [6.45, 7) is 6.19. The molecule has 0 atom stereocenters. The molecule has 112 valence electrons. The molecule has 1 aromatic carbocycles. The van der Waals surface area contributed by atoms with Crippen molar-refractivity contribution in [1.29, 1.82) is 0 Å². The van der Waals surface area contributed by atoms with E-state index in [-0.39, 0.29) is 0 Å². The maximum Gasteiger partial charge on any atom is 0.132 e. The Morgan fingerprint density at radius 2 is 2.10 bits per heavy atom. The quantitative estimate of drug-likeness (QED) is 0.782. The topological polar surface area (TPSA) is 34.2 Å². The fourth-order valence-electron chi connectivity index (χ4n) is 2.04. The van der Waals surface area contributed by atoms with Gasteiger partial charge in [-0.3, -0.25) is 0 Å². The number of hydrogen-bond acceptors (Lipinski definition) is 4. The predicted octanol–water partition coefficient (Wildman–Crippen LogP) is 4.05. The van der Waals surface area contributed by atoms with Gasteiger partial charge >= 0.3 is 0 Å². The van der Waals surface area contributed by atoms with Crippen LogP contribution in [0.25, 0.3) is 0 Å². The van der Waals surface area contributed by atoms with E-state index in [1.54, 1.807) is 18.9 Å². The number of aryl methyl sites for hydroxylation is 1. The van der Waals surface area contributed by atoms with Crippen LogP contribution in [0.15, 0.2) is 46.5 Å². The smallest absolute Gasteiger partial charge is 0.132 e. The maximum atomic E-state index is 5.39. The second-order valence-corrected chi connectivity index (χ2v) is 5.93. The van der Waals surface area contributed by atoms with E-state index < -0.39 is 0 Å². The minimum atomic E-state index is 0.876. The van der Waals surface area contributed by atoms with E-state index in [1.165, 1.54) is 11.1 Å². The summed E-state index contributed by atoms with van der Waals surface area (Å²) in [5.74, 6) is 0.886. The molecule has 0 amide bonds. The third-order valence-electron chi connectivity index (χ3n) is 3.12. The van der Waals surface area contributed by atoms with Crippen LogP contribution >= 0.6 is 11.8 Å². The van der Waals surface area contributed by atoms with Crippen LogP contribution in [0.1, 0.15) is 24.5 Å². The van der Waals surface area contributed by atoms with Crippen molar-refractivity contribution in [2.75, 3.05) is 13.7 Å². The molecule has 1 N–H and O–H groups in total. The zero-order chi connectivity index (χ0) is 15.1. The van der Waals surface area contributed by atoms with Crippen molar-refractivity contribution in [3.63, 3.8) is 0 Å². The highest BCUT2D eigenvalue weighted by Crippen LogP contribution is 2.35. The van der Waals surface area contributed by atoms with Gasteiger partial charge in [0.1, 0.15) is 10.8 Å². The highest BCUT2D eigenvalue weighted by atomic mass is 32.2. The Hall–Kier alpha value is -1.52. The van der Waals surface area contributed by atoms with Crippen molar-refractivity contribution in [3.05, 3.63) is 47.7 Å². The van der Waals surface area contributed by atoms with Crippen LogP contribution in [0.2, 0.25) is 0 Å². The Morgan fingerprint density at radius 3 is 2.81 bits per heavy atom. The van der Waals surface area contributed by atoms with E-state index in [2.05, 4.69) is 36.3 Å². The lowest BCUT2D eigenvalue weighted by molar-refractivity contribution is 0.405. The van der Waals surface area contributed by atoms with E-state index >= 15 is 0 Å². The SMILES string of the molecule is CCCNCc1cnc(Sc2ccccc2OC)c(C)c1. The van der Waals surface area contributed by atoms with E-state index in [9.17, 15) is 0 Å². The van der Waals surface area contributed by atoms with Crippen LogP contribution in [-0.2, 0) is 6.54 Å². The second-order valence-electron chi connectivity index (χ2n) is 4.90. The van der Waals surface area contributed by atoms with Gasteiger partial charge in [-0.25, -0.2) is 4.98 Å². The minimum absolute atomic E-state index is 0.876. The van der Waals surface area contributed by atoms with Gasteiger partial charge in [0.05, 0.1) is 12.0 Å². The summed E-state index contributed by atoms with van der Waals surface area (Å²) in [6.07, 6.45) is 3.10. The van der Waals surface area contributed by atoms with Crippen molar-refractivity contribution >= 4 is 11.8 Å². The molecule has 0 spiro atoms. The number of para-hydroxylation sites is 1. The number of nitrogens with one attached hydrogen (secondary N) is 1. The van der Waals surface area contributed by atoms with Gasteiger partial charge in [-0.15, -0.1) is 0 Å². The van der Waals surface area contributed by atoms with Gasteiger partial charge < -0.3 is 10.1 Å². The zero-order valence-corrected chi connectivity index (χ0v) is 13.7. The molecular formula is C17H22N2OS. The summed E-state index contributed by atoms with van der Waals surface area (Å²) in [5, 5.41) is 4.43. The average Bonchev–Trinajstić information content (AvgIpc) is 2.50. The highest BCUT2D eigenvalue weighted by molar-refractivity contribution is 7.99. The van der Waals surface area contributed by atoms with Gasteiger partial charge in [-0.05, 0) is 43.1 Å².